The predicted octanol–water partition coefficient (Wildman–Crippen LogP) is 1.47. The minimum absolute atomic E-state index is 0.141. The van der Waals surface area contributed by atoms with Crippen LogP contribution in [-0.2, 0) is 4.79 Å². The Morgan fingerprint density at radius 3 is 2.33 bits per heavy atom. The first-order chi connectivity index (χ1) is 5.75. The van der Waals surface area contributed by atoms with E-state index < -0.39 is 5.24 Å². The van der Waals surface area contributed by atoms with Crippen molar-refractivity contribution in [1.82, 2.24) is 0 Å². The first-order valence-electron chi connectivity index (χ1n) is 3.23. The molecule has 60 valence electrons. The van der Waals surface area contributed by atoms with Crippen LogP contribution in [0.2, 0.25) is 0 Å². The van der Waals surface area contributed by atoms with E-state index in [1.807, 2.05) is 0 Å². The van der Waals surface area contributed by atoms with E-state index in [-0.39, 0.29) is 5.71 Å². The average Bonchev–Trinajstić information content (AvgIpc) is 2.07. The zero-order valence-corrected chi connectivity index (χ0v) is 6.82. The zero-order chi connectivity index (χ0) is 8.97. The number of hydrogen-bond acceptors (Lipinski definition) is 1. The molecule has 0 aromatic heterocycles. The largest absolute Gasteiger partial charge is 0.381 e. The Balaban J connectivity index is 3.14. The Kier molecular flexibility index (Phi) is 2.75. The van der Waals surface area contributed by atoms with Gasteiger partial charge in [-0.15, -0.1) is 0 Å². The molecule has 0 amide bonds. The van der Waals surface area contributed by atoms with Gasteiger partial charge >= 0.3 is 11.0 Å². The molecule has 0 fully saturated rings. The van der Waals surface area contributed by atoms with Crippen LogP contribution in [0.1, 0.15) is 5.56 Å². The van der Waals surface area contributed by atoms with Crippen molar-refractivity contribution >= 4 is 22.6 Å². The molecule has 1 aromatic carbocycles. The van der Waals surface area contributed by atoms with Gasteiger partial charge in [0.2, 0.25) is 0 Å². The SMILES string of the molecule is [N-]=[N+]=C(C(=O)Cl)c1ccccc1. The summed E-state index contributed by atoms with van der Waals surface area (Å²) < 4.78 is 0. The van der Waals surface area contributed by atoms with Gasteiger partial charge in [0.05, 0.1) is 5.56 Å². The Bertz CT molecular complexity index is 341. The van der Waals surface area contributed by atoms with Gasteiger partial charge < -0.3 is 5.53 Å². The van der Waals surface area contributed by atoms with Gasteiger partial charge in [0.25, 0.3) is 0 Å². The second-order valence-electron chi connectivity index (χ2n) is 2.09. The van der Waals surface area contributed by atoms with Crippen molar-refractivity contribution in [2.45, 2.75) is 0 Å². The van der Waals surface area contributed by atoms with Gasteiger partial charge in [-0.05, 0) is 23.7 Å². The summed E-state index contributed by atoms with van der Waals surface area (Å²) in [4.78, 5) is 13.4. The third-order valence-electron chi connectivity index (χ3n) is 1.33. The molecule has 4 heteroatoms. The lowest BCUT2D eigenvalue weighted by atomic mass is 10.1. The molecule has 0 atom stereocenters. The molecule has 0 N–H and O–H groups in total. The van der Waals surface area contributed by atoms with Crippen molar-refractivity contribution in [2.75, 3.05) is 0 Å². The first kappa shape index (κ1) is 8.65. The summed E-state index contributed by atoms with van der Waals surface area (Å²) in [5.41, 5.74) is 8.79. The lowest BCUT2D eigenvalue weighted by molar-refractivity contribution is -0.110. The molecule has 0 spiro atoms. The fourth-order valence-electron chi connectivity index (χ4n) is 0.807. The molecule has 12 heavy (non-hydrogen) atoms. The Labute approximate surface area is 74.2 Å². The van der Waals surface area contributed by atoms with E-state index in [0.29, 0.717) is 5.56 Å². The Morgan fingerprint density at radius 2 is 1.92 bits per heavy atom. The van der Waals surface area contributed by atoms with Crippen molar-refractivity contribution in [1.29, 1.82) is 0 Å². The highest BCUT2D eigenvalue weighted by molar-refractivity contribution is 6.83. The molecule has 1 rings (SSSR count). The number of nitrogens with zero attached hydrogens (tertiary/aromatic N) is 2. The van der Waals surface area contributed by atoms with Crippen molar-refractivity contribution < 1.29 is 9.58 Å². The number of rotatable bonds is 2. The molecule has 0 aliphatic rings. The lowest BCUT2D eigenvalue weighted by Crippen LogP contribution is -2.09. The van der Waals surface area contributed by atoms with Crippen LogP contribution in [0.3, 0.4) is 0 Å². The second-order valence-corrected chi connectivity index (χ2v) is 2.43. The van der Waals surface area contributed by atoms with Crippen LogP contribution in [0.25, 0.3) is 5.53 Å². The van der Waals surface area contributed by atoms with Crippen LogP contribution in [0.5, 0.6) is 0 Å². The topological polar surface area (TPSA) is 53.5 Å². The highest BCUT2D eigenvalue weighted by Crippen LogP contribution is 2.01. The van der Waals surface area contributed by atoms with Crippen LogP contribution in [0.4, 0.5) is 0 Å². The summed E-state index contributed by atoms with van der Waals surface area (Å²) in [6.07, 6.45) is 0. The molecule has 0 unspecified atom stereocenters. The summed E-state index contributed by atoms with van der Waals surface area (Å²) in [6, 6.07) is 8.50. The maximum atomic E-state index is 10.7. The second kappa shape index (κ2) is 3.81. The number of carbonyl (C=O) groups excluding carboxylic acids is 1. The molecular formula is C8H5ClN2O. The Hall–Kier alpha value is -1.44. The minimum atomic E-state index is -0.774. The van der Waals surface area contributed by atoms with E-state index in [1.165, 1.54) is 0 Å². The molecule has 0 bridgehead atoms. The minimum Gasteiger partial charge on any atom is -0.361 e. The van der Waals surface area contributed by atoms with Gasteiger partial charge in [-0.3, -0.25) is 4.79 Å². The number of carbonyl (C=O) groups is 1. The summed E-state index contributed by atoms with van der Waals surface area (Å²) in [7, 11) is 0. The first-order valence-corrected chi connectivity index (χ1v) is 3.61. The monoisotopic (exact) mass is 180 g/mol. The normalized spacial score (nSPS) is 8.75. The van der Waals surface area contributed by atoms with Gasteiger partial charge in [-0.2, -0.15) is 4.79 Å². The van der Waals surface area contributed by atoms with Gasteiger partial charge in [-0.1, -0.05) is 18.2 Å². The summed E-state index contributed by atoms with van der Waals surface area (Å²) in [6.45, 7) is 0. The molecule has 3 nitrogen and oxygen atoms in total. The maximum Gasteiger partial charge on any atom is 0.381 e. The van der Waals surface area contributed by atoms with Crippen molar-refractivity contribution in [2.24, 2.45) is 0 Å². The van der Waals surface area contributed by atoms with E-state index in [9.17, 15) is 4.79 Å². The van der Waals surface area contributed by atoms with Crippen molar-refractivity contribution in [3.05, 3.63) is 41.4 Å². The molecule has 0 radical (unpaired) electrons. The fourth-order valence-corrected chi connectivity index (χ4v) is 0.953. The highest BCUT2D eigenvalue weighted by Gasteiger charge is 2.18. The van der Waals surface area contributed by atoms with Gasteiger partial charge in [0.15, 0.2) is 0 Å². The smallest absolute Gasteiger partial charge is 0.361 e. The van der Waals surface area contributed by atoms with E-state index in [1.54, 1.807) is 30.3 Å². The molecule has 0 saturated heterocycles. The quantitative estimate of drug-likeness (QED) is 0.294. The van der Waals surface area contributed by atoms with Crippen LogP contribution < -0.4 is 0 Å². The maximum absolute atomic E-state index is 10.7. The highest BCUT2D eigenvalue weighted by atomic mass is 35.5. The molecule has 0 saturated carbocycles. The lowest BCUT2D eigenvalue weighted by Gasteiger charge is -1.88. The van der Waals surface area contributed by atoms with Crippen LogP contribution in [-0.4, -0.2) is 15.7 Å². The third kappa shape index (κ3) is 1.78. The van der Waals surface area contributed by atoms with E-state index in [0.717, 1.165) is 0 Å². The van der Waals surface area contributed by atoms with Crippen LogP contribution >= 0.6 is 11.6 Å². The Morgan fingerprint density at radius 1 is 1.33 bits per heavy atom. The van der Waals surface area contributed by atoms with E-state index >= 15 is 0 Å². The summed E-state index contributed by atoms with van der Waals surface area (Å²) in [5, 5.41) is -0.774. The fraction of sp³-hybridized carbons (Fsp3) is 0. The number of benzene rings is 1. The molecule has 0 aliphatic carbocycles. The summed E-state index contributed by atoms with van der Waals surface area (Å²) >= 11 is 5.15. The molecular weight excluding hydrogens is 176 g/mol. The van der Waals surface area contributed by atoms with Crippen LogP contribution in [0.15, 0.2) is 30.3 Å². The molecule has 0 heterocycles. The zero-order valence-electron chi connectivity index (χ0n) is 6.07. The van der Waals surface area contributed by atoms with Crippen molar-refractivity contribution in [3.63, 3.8) is 0 Å². The molecule has 1 aromatic rings. The van der Waals surface area contributed by atoms with E-state index in [4.69, 9.17) is 17.1 Å². The molecule has 0 aliphatic heterocycles. The van der Waals surface area contributed by atoms with E-state index in [2.05, 4.69) is 4.79 Å². The van der Waals surface area contributed by atoms with Crippen LogP contribution in [0, 0.1) is 0 Å². The van der Waals surface area contributed by atoms with Gasteiger partial charge in [-0.25, -0.2) is 0 Å². The average molecular weight is 181 g/mol. The van der Waals surface area contributed by atoms with Gasteiger partial charge in [0.1, 0.15) is 0 Å². The number of hydrogen-bond donors (Lipinski definition) is 0. The standard InChI is InChI=1S/C8H5ClN2O/c9-8(12)7(11-10)6-4-2-1-3-5-6/h1-5H. The predicted molar refractivity (Wildman–Crippen MR) is 45.0 cm³/mol. The number of halogens is 1. The third-order valence-corrected chi connectivity index (χ3v) is 1.51. The van der Waals surface area contributed by atoms with Crippen molar-refractivity contribution in [3.8, 4) is 0 Å². The summed E-state index contributed by atoms with van der Waals surface area (Å²) in [5.74, 6) is 0. The van der Waals surface area contributed by atoms with Gasteiger partial charge in [0, 0.05) is 0 Å².